The summed E-state index contributed by atoms with van der Waals surface area (Å²) in [5, 5.41) is 23.8. The number of carbonyl (C=O) groups is 1. The molecule has 0 unspecified atom stereocenters. The number of rotatable bonds is 4. The minimum atomic E-state index is -1.08. The van der Waals surface area contributed by atoms with E-state index in [4.69, 9.17) is 0 Å². The molecule has 2 heterocycles. The van der Waals surface area contributed by atoms with E-state index >= 15 is 0 Å². The highest BCUT2D eigenvalue weighted by atomic mass is 32.2. The van der Waals surface area contributed by atoms with Crippen LogP contribution >= 0.6 is 11.8 Å². The first-order valence-electron chi connectivity index (χ1n) is 7.77. The lowest BCUT2D eigenvalue weighted by Gasteiger charge is -2.31. The number of carboxylic acid groups (broad SMARTS) is 1. The molecule has 2 saturated heterocycles. The Kier molecular flexibility index (Phi) is 4.72. The van der Waals surface area contributed by atoms with Gasteiger partial charge in [-0.2, -0.15) is 0 Å². The molecule has 2 fully saturated rings. The molecule has 1 aromatic rings. The van der Waals surface area contributed by atoms with E-state index in [0.717, 1.165) is 37.2 Å². The Labute approximate surface area is 138 Å². The maximum atomic E-state index is 11.1. The molecule has 0 amide bonds. The average Bonchev–Trinajstić information content (AvgIpc) is 3.05. The first-order valence-corrected chi connectivity index (χ1v) is 8.82. The standard InChI is InChI=1S/C15H19N3O4S/c19-15(20)12-9-23-14(16-12)11-8-10(18(21)22)4-5-13(11)17-6-2-1-3-7-17/h4-5,8,12,14,16H,1-3,6-7,9H2,(H,19,20)/t12-,14-/m1/s1. The fourth-order valence-electron chi connectivity index (χ4n) is 3.18. The molecule has 0 spiro atoms. The average molecular weight is 337 g/mol. The van der Waals surface area contributed by atoms with Crippen LogP contribution in [0.1, 0.15) is 30.2 Å². The number of anilines is 1. The van der Waals surface area contributed by atoms with E-state index in [-0.39, 0.29) is 11.1 Å². The quantitative estimate of drug-likeness (QED) is 0.613. The summed E-state index contributed by atoms with van der Waals surface area (Å²) in [7, 11) is 0. The van der Waals surface area contributed by atoms with Crippen LogP contribution in [0.2, 0.25) is 0 Å². The largest absolute Gasteiger partial charge is 0.544 e. The Bertz CT molecular complexity index is 619. The van der Waals surface area contributed by atoms with Gasteiger partial charge >= 0.3 is 0 Å². The fourth-order valence-corrected chi connectivity index (χ4v) is 4.51. The van der Waals surface area contributed by atoms with E-state index in [0.29, 0.717) is 5.75 Å². The zero-order valence-corrected chi connectivity index (χ0v) is 13.5. The molecule has 0 aromatic heterocycles. The molecule has 0 bridgehead atoms. The van der Waals surface area contributed by atoms with Crippen molar-refractivity contribution in [3.63, 3.8) is 0 Å². The van der Waals surface area contributed by atoms with Crippen LogP contribution in [0.15, 0.2) is 18.2 Å². The Balaban J connectivity index is 1.93. The summed E-state index contributed by atoms with van der Waals surface area (Å²) >= 11 is 1.50. The molecular formula is C15H19N3O4S. The second-order valence-electron chi connectivity index (χ2n) is 5.92. The van der Waals surface area contributed by atoms with Crippen molar-refractivity contribution in [2.24, 2.45) is 0 Å². The van der Waals surface area contributed by atoms with Crippen LogP contribution in [0.3, 0.4) is 0 Å². The summed E-state index contributed by atoms with van der Waals surface area (Å²) in [6, 6.07) is 4.33. The highest BCUT2D eigenvalue weighted by Crippen LogP contribution is 2.37. The summed E-state index contributed by atoms with van der Waals surface area (Å²) in [6.07, 6.45) is 3.43. The zero-order valence-electron chi connectivity index (χ0n) is 12.6. The maximum absolute atomic E-state index is 11.1. The van der Waals surface area contributed by atoms with Crippen molar-refractivity contribution in [2.45, 2.75) is 30.7 Å². The smallest absolute Gasteiger partial charge is 0.270 e. The van der Waals surface area contributed by atoms with E-state index in [1.165, 1.54) is 24.2 Å². The number of nitrogens with zero attached hydrogens (tertiary/aromatic N) is 2. The number of quaternary nitrogens is 1. The van der Waals surface area contributed by atoms with Crippen LogP contribution in [-0.2, 0) is 4.79 Å². The van der Waals surface area contributed by atoms with Crippen molar-refractivity contribution in [1.82, 2.24) is 0 Å². The number of nitrogens with two attached hydrogens (primary N) is 1. The normalized spacial score (nSPS) is 24.6. The number of nitro groups is 1. The Morgan fingerprint density at radius 3 is 2.65 bits per heavy atom. The summed E-state index contributed by atoms with van der Waals surface area (Å²) in [5.41, 5.74) is 1.88. The maximum Gasteiger partial charge on any atom is 0.270 e. The van der Waals surface area contributed by atoms with Gasteiger partial charge in [0, 0.05) is 30.9 Å². The third-order valence-corrected chi connectivity index (χ3v) is 5.71. The SMILES string of the molecule is O=C([O-])[C@H]1CS[C@H](c2cc([N+](=O)[O-])ccc2N2CCCCC2)[NH2+]1. The Hall–Kier alpha value is -1.80. The number of carboxylic acids is 1. The molecule has 0 radical (unpaired) electrons. The Morgan fingerprint density at radius 1 is 1.30 bits per heavy atom. The van der Waals surface area contributed by atoms with E-state index < -0.39 is 16.9 Å². The predicted octanol–water partition coefficient (Wildman–Crippen LogP) is 0.0124. The first-order chi connectivity index (χ1) is 11.1. The van der Waals surface area contributed by atoms with Gasteiger partial charge in [-0.1, -0.05) is 11.8 Å². The van der Waals surface area contributed by atoms with Crippen LogP contribution < -0.4 is 15.3 Å². The van der Waals surface area contributed by atoms with Gasteiger partial charge in [0.15, 0.2) is 5.37 Å². The second-order valence-corrected chi connectivity index (χ2v) is 7.09. The van der Waals surface area contributed by atoms with Crippen molar-refractivity contribution < 1.29 is 20.1 Å². The van der Waals surface area contributed by atoms with Crippen LogP contribution in [0.5, 0.6) is 0 Å². The molecule has 2 aliphatic heterocycles. The van der Waals surface area contributed by atoms with Crippen molar-refractivity contribution in [1.29, 1.82) is 0 Å². The molecule has 2 atom stereocenters. The number of piperidine rings is 1. The summed E-state index contributed by atoms with van der Waals surface area (Å²) in [5.74, 6) is -0.625. The molecule has 0 aliphatic carbocycles. The molecule has 2 aliphatic rings. The monoisotopic (exact) mass is 337 g/mol. The number of carbonyl (C=O) groups excluding carboxylic acids is 1. The number of thioether (sulfide) groups is 1. The van der Waals surface area contributed by atoms with Gasteiger partial charge in [-0.3, -0.25) is 10.1 Å². The van der Waals surface area contributed by atoms with E-state index in [1.54, 1.807) is 17.4 Å². The van der Waals surface area contributed by atoms with Gasteiger partial charge in [0.25, 0.3) is 5.69 Å². The third-order valence-electron chi connectivity index (χ3n) is 4.39. The zero-order chi connectivity index (χ0) is 16.4. The van der Waals surface area contributed by atoms with Gasteiger partial charge in [-0.25, -0.2) is 0 Å². The molecule has 2 N–H and O–H groups in total. The van der Waals surface area contributed by atoms with Crippen LogP contribution in [-0.4, -0.2) is 35.8 Å². The number of nitro benzene ring substituents is 1. The number of benzene rings is 1. The molecule has 3 rings (SSSR count). The van der Waals surface area contributed by atoms with Crippen LogP contribution in [0, 0.1) is 10.1 Å². The second kappa shape index (κ2) is 6.76. The summed E-state index contributed by atoms with van der Waals surface area (Å²) < 4.78 is 0. The number of aliphatic carboxylic acids is 1. The van der Waals surface area contributed by atoms with Crippen molar-refractivity contribution in [2.75, 3.05) is 23.7 Å². The van der Waals surface area contributed by atoms with E-state index in [2.05, 4.69) is 4.90 Å². The van der Waals surface area contributed by atoms with Gasteiger partial charge in [-0.15, -0.1) is 0 Å². The minimum absolute atomic E-state index is 0.0478. The predicted molar refractivity (Wildman–Crippen MR) is 85.1 cm³/mol. The molecule has 7 nitrogen and oxygen atoms in total. The molecule has 1 aromatic carbocycles. The van der Waals surface area contributed by atoms with Crippen molar-refractivity contribution >= 4 is 29.1 Å². The summed E-state index contributed by atoms with van der Waals surface area (Å²) in [4.78, 5) is 24.0. The minimum Gasteiger partial charge on any atom is -0.544 e. The lowest BCUT2D eigenvalue weighted by molar-refractivity contribution is -0.690. The van der Waals surface area contributed by atoms with E-state index in [9.17, 15) is 20.0 Å². The van der Waals surface area contributed by atoms with Crippen LogP contribution in [0.4, 0.5) is 11.4 Å². The van der Waals surface area contributed by atoms with Crippen molar-refractivity contribution in [3.8, 4) is 0 Å². The Morgan fingerprint density at radius 2 is 2.04 bits per heavy atom. The molecule has 0 saturated carbocycles. The number of hydrogen-bond acceptors (Lipinski definition) is 6. The van der Waals surface area contributed by atoms with Gasteiger partial charge in [0.1, 0.15) is 12.0 Å². The van der Waals surface area contributed by atoms with Gasteiger partial charge in [0.2, 0.25) is 0 Å². The fraction of sp³-hybridized carbons (Fsp3) is 0.533. The first kappa shape index (κ1) is 16.1. The molecule has 23 heavy (non-hydrogen) atoms. The van der Waals surface area contributed by atoms with Gasteiger partial charge < -0.3 is 20.1 Å². The lowest BCUT2D eigenvalue weighted by Crippen LogP contribution is -2.90. The highest BCUT2D eigenvalue weighted by molar-refractivity contribution is 7.99. The lowest BCUT2D eigenvalue weighted by atomic mass is 10.1. The third kappa shape index (κ3) is 3.42. The van der Waals surface area contributed by atoms with Gasteiger partial charge in [-0.05, 0) is 25.3 Å². The van der Waals surface area contributed by atoms with E-state index in [1.807, 2.05) is 0 Å². The molecular weight excluding hydrogens is 318 g/mol. The summed E-state index contributed by atoms with van der Waals surface area (Å²) in [6.45, 7) is 1.87. The molecule has 124 valence electrons. The number of non-ortho nitro benzene ring substituents is 1. The van der Waals surface area contributed by atoms with Gasteiger partial charge in [0.05, 0.1) is 16.2 Å². The van der Waals surface area contributed by atoms with Crippen molar-refractivity contribution in [3.05, 3.63) is 33.9 Å². The highest BCUT2D eigenvalue weighted by Gasteiger charge is 2.34. The topological polar surface area (TPSA) is 103 Å². The van der Waals surface area contributed by atoms with Crippen LogP contribution in [0.25, 0.3) is 0 Å². The number of hydrogen-bond donors (Lipinski definition) is 1. The molecule has 8 heteroatoms.